The van der Waals surface area contributed by atoms with Crippen molar-refractivity contribution in [1.82, 2.24) is 10.3 Å². The molecule has 1 amide bonds. The first-order valence-corrected chi connectivity index (χ1v) is 8.55. The van der Waals surface area contributed by atoms with Crippen LogP contribution in [0.25, 0.3) is 0 Å². The summed E-state index contributed by atoms with van der Waals surface area (Å²) in [5.74, 6) is -0.0978. The number of halogens is 1. The highest BCUT2D eigenvalue weighted by Gasteiger charge is 2.37. The Balaban J connectivity index is 0.00000192. The van der Waals surface area contributed by atoms with E-state index >= 15 is 0 Å². The van der Waals surface area contributed by atoms with E-state index in [0.717, 1.165) is 30.7 Å². The van der Waals surface area contributed by atoms with Crippen LogP contribution in [-0.4, -0.2) is 10.9 Å². The summed E-state index contributed by atoms with van der Waals surface area (Å²) in [5.41, 5.74) is 8.22. The van der Waals surface area contributed by atoms with Crippen LogP contribution in [0.5, 0.6) is 0 Å². The molecule has 0 bridgehead atoms. The van der Waals surface area contributed by atoms with Gasteiger partial charge in [-0.25, -0.2) is 4.98 Å². The summed E-state index contributed by atoms with van der Waals surface area (Å²) in [6.07, 6.45) is 4.24. The van der Waals surface area contributed by atoms with Gasteiger partial charge in [0.15, 0.2) is 0 Å². The Morgan fingerprint density at radius 2 is 2.13 bits per heavy atom. The Morgan fingerprint density at radius 3 is 2.74 bits per heavy atom. The van der Waals surface area contributed by atoms with Gasteiger partial charge in [-0.2, -0.15) is 0 Å². The zero-order valence-electron chi connectivity index (χ0n) is 13.2. The van der Waals surface area contributed by atoms with Crippen LogP contribution in [-0.2, 0) is 12.1 Å². The quantitative estimate of drug-likeness (QED) is 0.885. The highest BCUT2D eigenvalue weighted by Crippen LogP contribution is 2.39. The van der Waals surface area contributed by atoms with E-state index in [-0.39, 0.29) is 23.9 Å². The number of hydrogen-bond acceptors (Lipinski definition) is 4. The van der Waals surface area contributed by atoms with E-state index < -0.39 is 0 Å². The molecule has 1 aromatic heterocycles. The summed E-state index contributed by atoms with van der Waals surface area (Å²) in [5, 5.41) is 5.83. The van der Waals surface area contributed by atoms with Crippen LogP contribution in [0, 0.1) is 6.92 Å². The van der Waals surface area contributed by atoms with E-state index in [1.807, 2.05) is 0 Å². The van der Waals surface area contributed by atoms with Crippen molar-refractivity contribution in [3.8, 4) is 0 Å². The molecule has 124 valence electrons. The smallest absolute Gasteiger partial charge is 0.271 e. The molecule has 2 aromatic rings. The number of carbonyl (C=O) groups excluding carboxylic acids is 1. The summed E-state index contributed by atoms with van der Waals surface area (Å²) in [6, 6.07) is 8.44. The van der Waals surface area contributed by atoms with Gasteiger partial charge >= 0.3 is 0 Å². The molecular weight excluding hydrogens is 330 g/mol. The zero-order chi connectivity index (χ0) is 15.6. The number of nitrogens with zero attached hydrogens (tertiary/aromatic N) is 1. The van der Waals surface area contributed by atoms with E-state index in [1.165, 1.54) is 22.5 Å². The summed E-state index contributed by atoms with van der Waals surface area (Å²) in [7, 11) is 0. The molecule has 1 fully saturated rings. The third-order valence-corrected chi connectivity index (χ3v) is 5.21. The number of hydrogen-bond donors (Lipinski definition) is 2. The molecule has 0 aliphatic heterocycles. The molecule has 1 heterocycles. The number of amides is 1. The predicted octanol–water partition coefficient (Wildman–Crippen LogP) is 3.53. The van der Waals surface area contributed by atoms with E-state index in [1.54, 1.807) is 5.38 Å². The average molecular weight is 352 g/mol. The van der Waals surface area contributed by atoms with Gasteiger partial charge in [-0.05, 0) is 25.3 Å². The number of aromatic nitrogens is 1. The average Bonchev–Trinajstić information content (AvgIpc) is 3.17. The van der Waals surface area contributed by atoms with Crippen LogP contribution in [0.3, 0.4) is 0 Å². The van der Waals surface area contributed by atoms with E-state index in [0.29, 0.717) is 12.2 Å². The van der Waals surface area contributed by atoms with Gasteiger partial charge in [0.25, 0.3) is 5.91 Å². The number of nitrogens with two attached hydrogens (primary N) is 1. The van der Waals surface area contributed by atoms with Gasteiger partial charge in [0.1, 0.15) is 10.7 Å². The topological polar surface area (TPSA) is 68.0 Å². The van der Waals surface area contributed by atoms with Crippen LogP contribution in [0.1, 0.15) is 52.3 Å². The Labute approximate surface area is 146 Å². The molecule has 0 spiro atoms. The van der Waals surface area contributed by atoms with Crippen molar-refractivity contribution in [1.29, 1.82) is 0 Å². The number of carbonyl (C=O) groups is 1. The van der Waals surface area contributed by atoms with Gasteiger partial charge in [-0.3, -0.25) is 4.79 Å². The van der Waals surface area contributed by atoms with E-state index in [9.17, 15) is 4.79 Å². The van der Waals surface area contributed by atoms with Gasteiger partial charge in [-0.15, -0.1) is 23.7 Å². The first-order valence-electron chi connectivity index (χ1n) is 7.67. The second-order valence-corrected chi connectivity index (χ2v) is 6.89. The maximum absolute atomic E-state index is 12.6. The standard InChI is InChI=1S/C17H21N3OS.ClH/c1-12-5-4-6-13(9-12)17(7-2-3-8-17)20-16(21)14-11-22-15(10-18)19-14;/h4-6,9,11H,2-3,7-8,10,18H2,1H3,(H,20,21);1H. The lowest BCUT2D eigenvalue weighted by Gasteiger charge is -2.31. The van der Waals surface area contributed by atoms with Gasteiger partial charge < -0.3 is 11.1 Å². The van der Waals surface area contributed by atoms with Crippen molar-refractivity contribution in [2.24, 2.45) is 5.73 Å². The first kappa shape index (κ1) is 17.9. The molecule has 1 aliphatic carbocycles. The minimum atomic E-state index is -0.254. The Morgan fingerprint density at radius 1 is 1.39 bits per heavy atom. The van der Waals surface area contributed by atoms with Crippen molar-refractivity contribution in [3.63, 3.8) is 0 Å². The lowest BCUT2D eigenvalue weighted by atomic mass is 9.87. The van der Waals surface area contributed by atoms with Gasteiger partial charge in [0, 0.05) is 11.9 Å². The number of thiazole rings is 1. The molecule has 4 nitrogen and oxygen atoms in total. The molecule has 0 saturated heterocycles. The normalized spacial score (nSPS) is 15.9. The first-order chi connectivity index (χ1) is 10.6. The van der Waals surface area contributed by atoms with Crippen molar-refractivity contribution in [2.75, 3.05) is 0 Å². The van der Waals surface area contributed by atoms with Gasteiger partial charge in [0.2, 0.25) is 0 Å². The summed E-state index contributed by atoms with van der Waals surface area (Å²) < 4.78 is 0. The summed E-state index contributed by atoms with van der Waals surface area (Å²) >= 11 is 1.44. The maximum Gasteiger partial charge on any atom is 0.271 e. The minimum absolute atomic E-state index is 0. The second-order valence-electron chi connectivity index (χ2n) is 5.94. The number of aryl methyl sites for hydroxylation is 1. The van der Waals surface area contributed by atoms with Crippen LogP contribution in [0.15, 0.2) is 29.6 Å². The molecule has 0 atom stereocenters. The lowest BCUT2D eigenvalue weighted by Crippen LogP contribution is -2.44. The molecule has 1 aromatic carbocycles. The predicted molar refractivity (Wildman–Crippen MR) is 96.0 cm³/mol. The largest absolute Gasteiger partial charge is 0.341 e. The second kappa shape index (κ2) is 7.43. The Kier molecular flexibility index (Phi) is 5.79. The van der Waals surface area contributed by atoms with Gasteiger partial charge in [0.05, 0.1) is 5.54 Å². The fourth-order valence-electron chi connectivity index (χ4n) is 3.20. The van der Waals surface area contributed by atoms with Gasteiger partial charge in [-0.1, -0.05) is 42.7 Å². The molecule has 0 radical (unpaired) electrons. The molecule has 6 heteroatoms. The SMILES string of the molecule is Cc1cccc(C2(NC(=O)c3csc(CN)n3)CCCC2)c1.Cl. The summed E-state index contributed by atoms with van der Waals surface area (Å²) in [4.78, 5) is 16.9. The molecule has 23 heavy (non-hydrogen) atoms. The molecule has 1 aliphatic rings. The number of benzene rings is 1. The Hall–Kier alpha value is -1.43. The minimum Gasteiger partial charge on any atom is -0.341 e. The molecule has 0 unspecified atom stereocenters. The number of rotatable bonds is 4. The van der Waals surface area contributed by atoms with Crippen molar-refractivity contribution in [3.05, 3.63) is 51.5 Å². The molecule has 3 rings (SSSR count). The Bertz CT molecular complexity index is 680. The van der Waals surface area contributed by atoms with Crippen LogP contribution in [0.4, 0.5) is 0 Å². The zero-order valence-corrected chi connectivity index (χ0v) is 14.8. The maximum atomic E-state index is 12.6. The molecule has 1 saturated carbocycles. The summed E-state index contributed by atoms with van der Waals surface area (Å²) in [6.45, 7) is 2.46. The van der Waals surface area contributed by atoms with Crippen LogP contribution in [0.2, 0.25) is 0 Å². The fourth-order valence-corrected chi connectivity index (χ4v) is 3.85. The highest BCUT2D eigenvalue weighted by atomic mass is 35.5. The highest BCUT2D eigenvalue weighted by molar-refractivity contribution is 7.09. The third kappa shape index (κ3) is 3.74. The van der Waals surface area contributed by atoms with Crippen molar-refractivity contribution < 1.29 is 4.79 Å². The lowest BCUT2D eigenvalue weighted by molar-refractivity contribution is 0.0893. The third-order valence-electron chi connectivity index (χ3n) is 4.34. The van der Waals surface area contributed by atoms with Crippen LogP contribution < -0.4 is 11.1 Å². The molecular formula is C17H22ClN3OS. The van der Waals surface area contributed by atoms with Crippen molar-refractivity contribution in [2.45, 2.75) is 44.7 Å². The fraction of sp³-hybridized carbons (Fsp3) is 0.412. The van der Waals surface area contributed by atoms with E-state index in [2.05, 4.69) is 41.5 Å². The van der Waals surface area contributed by atoms with Crippen LogP contribution >= 0.6 is 23.7 Å². The van der Waals surface area contributed by atoms with Crippen molar-refractivity contribution >= 4 is 29.7 Å². The monoisotopic (exact) mass is 351 g/mol. The molecule has 3 N–H and O–H groups in total. The number of nitrogens with one attached hydrogen (secondary N) is 1. The van der Waals surface area contributed by atoms with E-state index in [4.69, 9.17) is 5.73 Å².